The molecule has 1 aromatic rings. The van der Waals surface area contributed by atoms with E-state index in [1.165, 1.54) is 33.1 Å². The third-order valence-electron chi connectivity index (χ3n) is 5.46. The van der Waals surface area contributed by atoms with E-state index in [9.17, 15) is 24.3 Å². The van der Waals surface area contributed by atoms with Crippen LogP contribution in [0.5, 0.6) is 0 Å². The van der Waals surface area contributed by atoms with E-state index in [4.69, 9.17) is 14.2 Å². The van der Waals surface area contributed by atoms with Gasteiger partial charge in [-0.05, 0) is 59.2 Å². The second-order valence-electron chi connectivity index (χ2n) is 8.45. The van der Waals surface area contributed by atoms with Gasteiger partial charge >= 0.3 is 23.7 Å². The van der Waals surface area contributed by atoms with E-state index in [0.29, 0.717) is 6.42 Å². The number of hydrogen-bond donors (Lipinski definition) is 1. The molecule has 11 heteroatoms. The topological polar surface area (TPSA) is 146 Å². The van der Waals surface area contributed by atoms with Gasteiger partial charge in [0, 0.05) is 12.2 Å². The van der Waals surface area contributed by atoms with E-state index in [2.05, 4.69) is 13.7 Å². The van der Waals surface area contributed by atoms with Crippen LogP contribution in [0, 0.1) is 12.3 Å². The zero-order chi connectivity index (χ0) is 25.0. The van der Waals surface area contributed by atoms with Gasteiger partial charge in [-0.3, -0.25) is 4.79 Å². The van der Waals surface area contributed by atoms with E-state index < -0.39 is 42.4 Å². The van der Waals surface area contributed by atoms with Gasteiger partial charge in [0.05, 0.1) is 13.2 Å². The number of carbonyl (C=O) groups is 3. The maximum absolute atomic E-state index is 12.4. The first kappa shape index (κ1) is 27.3. The highest BCUT2D eigenvalue weighted by atomic mass is 16.6. The lowest BCUT2D eigenvalue weighted by Crippen LogP contribution is -2.39. The fourth-order valence-electron chi connectivity index (χ4n) is 3.23. The molecule has 1 aromatic heterocycles. The first-order valence-corrected chi connectivity index (χ1v) is 11.3. The average molecular weight is 484 g/mol. The lowest BCUT2D eigenvalue weighted by Gasteiger charge is -2.26. The number of carbonyl (C=O) groups excluding carboxylic acids is 3. The van der Waals surface area contributed by atoms with Crippen molar-refractivity contribution in [3.63, 3.8) is 0 Å². The molecule has 34 heavy (non-hydrogen) atoms. The van der Waals surface area contributed by atoms with Gasteiger partial charge in [-0.15, -0.1) is 0 Å². The minimum Gasteiger partial charge on any atom is -0.465 e. The number of aliphatic hydroxyl groups excluding tert-OH is 1. The van der Waals surface area contributed by atoms with Crippen molar-refractivity contribution in [1.29, 1.82) is 0 Å². The van der Waals surface area contributed by atoms with Gasteiger partial charge in [0.2, 0.25) is 0 Å². The van der Waals surface area contributed by atoms with E-state index in [-0.39, 0.29) is 24.7 Å². The van der Waals surface area contributed by atoms with Crippen molar-refractivity contribution >= 4 is 17.9 Å². The Morgan fingerprint density at radius 3 is 2.32 bits per heavy atom. The van der Waals surface area contributed by atoms with Gasteiger partial charge < -0.3 is 33.1 Å². The normalized spacial score (nSPS) is 16.2. The summed E-state index contributed by atoms with van der Waals surface area (Å²) < 4.78 is 24.4. The SMILES string of the molecule is Cc1oc(=O)oc1COC(=O)/C=C/C(=O)OCC(C)(CO)C(=O)OCCCCN1CCCCC1. The van der Waals surface area contributed by atoms with Gasteiger partial charge in [0.25, 0.3) is 0 Å². The zero-order valence-electron chi connectivity index (χ0n) is 19.7. The Hall–Kier alpha value is -2.92. The maximum atomic E-state index is 12.4. The van der Waals surface area contributed by atoms with Gasteiger partial charge in [-0.25, -0.2) is 14.4 Å². The lowest BCUT2D eigenvalue weighted by atomic mass is 9.93. The van der Waals surface area contributed by atoms with Crippen LogP contribution < -0.4 is 5.82 Å². The Labute approximate surface area is 197 Å². The highest BCUT2D eigenvalue weighted by Crippen LogP contribution is 2.19. The molecule has 11 nitrogen and oxygen atoms in total. The molecule has 1 aliphatic rings. The summed E-state index contributed by atoms with van der Waals surface area (Å²) in [7, 11) is 0. The Morgan fingerprint density at radius 2 is 1.71 bits per heavy atom. The van der Waals surface area contributed by atoms with Crippen molar-refractivity contribution in [2.24, 2.45) is 5.41 Å². The van der Waals surface area contributed by atoms with Crippen LogP contribution in [0.15, 0.2) is 25.8 Å². The summed E-state index contributed by atoms with van der Waals surface area (Å²) in [6, 6.07) is 0. The average Bonchev–Trinajstić information content (AvgIpc) is 3.16. The molecule has 0 bridgehead atoms. The van der Waals surface area contributed by atoms with Crippen molar-refractivity contribution in [3.8, 4) is 0 Å². The highest BCUT2D eigenvalue weighted by Gasteiger charge is 2.36. The van der Waals surface area contributed by atoms with E-state index in [0.717, 1.165) is 38.2 Å². The van der Waals surface area contributed by atoms with Crippen LogP contribution in [0.1, 0.15) is 50.5 Å². The second kappa shape index (κ2) is 13.7. The molecule has 0 aliphatic carbocycles. The lowest BCUT2D eigenvalue weighted by molar-refractivity contribution is -0.164. The van der Waals surface area contributed by atoms with Crippen molar-refractivity contribution in [1.82, 2.24) is 4.90 Å². The molecule has 1 fully saturated rings. The molecule has 1 N–H and O–H groups in total. The van der Waals surface area contributed by atoms with Crippen LogP contribution in [0.4, 0.5) is 0 Å². The molecule has 2 heterocycles. The Balaban J connectivity index is 1.67. The van der Waals surface area contributed by atoms with Crippen molar-refractivity contribution in [3.05, 3.63) is 34.3 Å². The summed E-state index contributed by atoms with van der Waals surface area (Å²) in [5.41, 5.74) is -1.42. The molecule has 1 aliphatic heterocycles. The molecule has 2 rings (SSSR count). The van der Waals surface area contributed by atoms with Crippen LogP contribution in [-0.4, -0.2) is 67.4 Å². The molecule has 1 unspecified atom stereocenters. The molecule has 0 aromatic carbocycles. The fourth-order valence-corrected chi connectivity index (χ4v) is 3.23. The molecular weight excluding hydrogens is 450 g/mol. The number of likely N-dealkylation sites (tertiary alicyclic amines) is 1. The summed E-state index contributed by atoms with van der Waals surface area (Å²) >= 11 is 0. The minimum absolute atomic E-state index is 0.0537. The number of nitrogens with zero attached hydrogens (tertiary/aromatic N) is 1. The van der Waals surface area contributed by atoms with Gasteiger partial charge in [0.15, 0.2) is 18.1 Å². The monoisotopic (exact) mass is 483 g/mol. The van der Waals surface area contributed by atoms with E-state index in [1.807, 2.05) is 0 Å². The number of unbranched alkanes of at least 4 members (excludes halogenated alkanes) is 1. The Kier molecular flexibility index (Phi) is 11.0. The fraction of sp³-hybridized carbons (Fsp3) is 0.652. The highest BCUT2D eigenvalue weighted by molar-refractivity contribution is 5.91. The second-order valence-corrected chi connectivity index (χ2v) is 8.45. The van der Waals surface area contributed by atoms with Crippen molar-refractivity contribution in [2.75, 3.05) is 39.5 Å². The summed E-state index contributed by atoms with van der Waals surface area (Å²) in [4.78, 5) is 49.3. The number of esters is 3. The zero-order valence-corrected chi connectivity index (χ0v) is 19.7. The molecule has 1 atom stereocenters. The van der Waals surface area contributed by atoms with Gasteiger partial charge in [0.1, 0.15) is 12.0 Å². The third kappa shape index (κ3) is 9.14. The molecule has 0 amide bonds. The standard InChI is InChI=1S/C23H33NO10/c1-17-18(34-22(29)33-17)14-31-19(26)8-9-20(27)32-16-23(2,15-25)21(28)30-13-7-6-12-24-10-4-3-5-11-24/h8-9,25H,3-7,10-16H2,1-2H3/b9-8+. The number of ether oxygens (including phenoxy) is 3. The van der Waals surface area contributed by atoms with Crippen LogP contribution in [-0.2, 0) is 35.2 Å². The van der Waals surface area contributed by atoms with Crippen LogP contribution in [0.25, 0.3) is 0 Å². The van der Waals surface area contributed by atoms with E-state index >= 15 is 0 Å². The van der Waals surface area contributed by atoms with Crippen LogP contribution in [0.3, 0.4) is 0 Å². The number of aliphatic hydroxyl groups is 1. The smallest absolute Gasteiger partial charge is 0.465 e. The van der Waals surface area contributed by atoms with Gasteiger partial charge in [-0.2, -0.15) is 0 Å². The van der Waals surface area contributed by atoms with Crippen LogP contribution in [0.2, 0.25) is 0 Å². The largest absolute Gasteiger partial charge is 0.519 e. The molecule has 0 spiro atoms. The molecule has 190 valence electrons. The summed E-state index contributed by atoms with van der Waals surface area (Å²) in [5.74, 6) is -3.13. The first-order chi connectivity index (χ1) is 16.2. The summed E-state index contributed by atoms with van der Waals surface area (Å²) in [6.07, 6.45) is 7.00. The predicted molar refractivity (Wildman–Crippen MR) is 118 cm³/mol. The molecule has 0 radical (unpaired) electrons. The molecule has 0 saturated carbocycles. The van der Waals surface area contributed by atoms with Crippen molar-refractivity contribution < 1.29 is 42.5 Å². The quantitative estimate of drug-likeness (QED) is 0.188. The number of aryl methyl sites for hydroxylation is 1. The number of rotatable bonds is 13. The molecule has 1 saturated heterocycles. The predicted octanol–water partition coefficient (Wildman–Crippen LogP) is 1.49. The molecular formula is C23H33NO10. The Bertz CT molecular complexity index is 896. The first-order valence-electron chi connectivity index (χ1n) is 11.3. The third-order valence-corrected chi connectivity index (χ3v) is 5.46. The van der Waals surface area contributed by atoms with E-state index in [1.54, 1.807) is 0 Å². The Morgan fingerprint density at radius 1 is 1.03 bits per heavy atom. The summed E-state index contributed by atoms with van der Waals surface area (Å²) in [6.45, 7) is 4.97. The maximum Gasteiger partial charge on any atom is 0.519 e. The number of hydrogen-bond acceptors (Lipinski definition) is 11. The minimum atomic E-state index is -1.42. The summed E-state index contributed by atoms with van der Waals surface area (Å²) in [5, 5.41) is 9.63. The number of piperidine rings is 1. The van der Waals surface area contributed by atoms with Gasteiger partial charge in [-0.1, -0.05) is 6.42 Å². The van der Waals surface area contributed by atoms with Crippen LogP contribution >= 0.6 is 0 Å². The van der Waals surface area contributed by atoms with Crippen molar-refractivity contribution in [2.45, 2.75) is 52.6 Å².